The first-order valence-corrected chi connectivity index (χ1v) is 6.94. The number of aryl methyl sites for hydroxylation is 1. The number of fused-ring (bicyclic) bond motifs is 1. The fourth-order valence-electron chi connectivity index (χ4n) is 1.37. The van der Waals surface area contributed by atoms with Gasteiger partial charge in [0.2, 0.25) is 0 Å². The molecule has 0 saturated heterocycles. The SMILES string of the molecule is Cn1c(=N)sc2cc(S(C)(=O)=O)ccc21. The van der Waals surface area contributed by atoms with Crippen molar-refractivity contribution in [2.75, 3.05) is 6.26 Å². The molecule has 1 N–H and O–H groups in total. The lowest BCUT2D eigenvalue weighted by molar-refractivity contribution is 0.602. The Morgan fingerprint density at radius 1 is 1.40 bits per heavy atom. The maximum absolute atomic E-state index is 11.3. The summed E-state index contributed by atoms with van der Waals surface area (Å²) in [6.45, 7) is 0. The lowest BCUT2D eigenvalue weighted by atomic mass is 10.3. The molecule has 0 amide bonds. The van der Waals surface area contributed by atoms with Gasteiger partial charge in [-0.1, -0.05) is 11.3 Å². The molecule has 0 unspecified atom stereocenters. The molecule has 0 aliphatic heterocycles. The molecule has 15 heavy (non-hydrogen) atoms. The highest BCUT2D eigenvalue weighted by Crippen LogP contribution is 2.20. The molecule has 1 aromatic heterocycles. The summed E-state index contributed by atoms with van der Waals surface area (Å²) in [7, 11) is -1.37. The van der Waals surface area contributed by atoms with Gasteiger partial charge < -0.3 is 4.57 Å². The van der Waals surface area contributed by atoms with E-state index in [1.807, 2.05) is 0 Å². The van der Waals surface area contributed by atoms with Crippen LogP contribution in [0.1, 0.15) is 0 Å². The summed E-state index contributed by atoms with van der Waals surface area (Å²) < 4.78 is 25.2. The number of aromatic nitrogens is 1. The molecule has 0 radical (unpaired) electrons. The molecule has 4 nitrogen and oxygen atoms in total. The van der Waals surface area contributed by atoms with Gasteiger partial charge >= 0.3 is 0 Å². The molecular weight excluding hydrogens is 232 g/mol. The van der Waals surface area contributed by atoms with Crippen molar-refractivity contribution in [3.63, 3.8) is 0 Å². The van der Waals surface area contributed by atoms with Crippen LogP contribution < -0.4 is 4.80 Å². The van der Waals surface area contributed by atoms with Crippen molar-refractivity contribution in [3.8, 4) is 0 Å². The van der Waals surface area contributed by atoms with Crippen molar-refractivity contribution >= 4 is 31.4 Å². The van der Waals surface area contributed by atoms with Crippen LogP contribution in [0.5, 0.6) is 0 Å². The number of hydrogen-bond acceptors (Lipinski definition) is 4. The summed E-state index contributed by atoms with van der Waals surface area (Å²) in [6, 6.07) is 4.93. The lowest BCUT2D eigenvalue weighted by Crippen LogP contribution is -2.06. The van der Waals surface area contributed by atoms with E-state index < -0.39 is 9.84 Å². The largest absolute Gasteiger partial charge is 0.320 e. The first kappa shape index (κ1) is 10.4. The van der Waals surface area contributed by atoms with Crippen LogP contribution in [0.2, 0.25) is 0 Å². The van der Waals surface area contributed by atoms with Crippen LogP contribution in [0, 0.1) is 5.41 Å². The number of sulfone groups is 1. The lowest BCUT2D eigenvalue weighted by Gasteiger charge is -1.98. The minimum Gasteiger partial charge on any atom is -0.320 e. The van der Waals surface area contributed by atoms with E-state index in [0.717, 1.165) is 10.2 Å². The molecule has 0 aliphatic rings. The normalized spacial score (nSPS) is 12.1. The second-order valence-corrected chi connectivity index (χ2v) is 6.41. The van der Waals surface area contributed by atoms with E-state index in [0.29, 0.717) is 9.70 Å². The van der Waals surface area contributed by atoms with Crippen LogP contribution in [0.3, 0.4) is 0 Å². The molecule has 1 heterocycles. The quantitative estimate of drug-likeness (QED) is 0.814. The molecule has 0 spiro atoms. The van der Waals surface area contributed by atoms with Crippen molar-refractivity contribution in [2.45, 2.75) is 4.90 Å². The highest BCUT2D eigenvalue weighted by Gasteiger charge is 2.09. The van der Waals surface area contributed by atoms with E-state index >= 15 is 0 Å². The third-order valence-electron chi connectivity index (χ3n) is 2.23. The maximum atomic E-state index is 11.3. The zero-order valence-electron chi connectivity index (χ0n) is 8.31. The van der Waals surface area contributed by atoms with E-state index in [9.17, 15) is 8.42 Å². The molecule has 0 bridgehead atoms. The Labute approximate surface area is 91.2 Å². The average Bonchev–Trinajstić information content (AvgIpc) is 2.41. The fraction of sp³-hybridized carbons (Fsp3) is 0.222. The molecule has 0 atom stereocenters. The number of thiazole rings is 1. The first-order valence-electron chi connectivity index (χ1n) is 4.24. The Bertz CT molecular complexity index is 680. The van der Waals surface area contributed by atoms with Gasteiger partial charge in [-0.3, -0.25) is 5.41 Å². The Hall–Kier alpha value is -1.14. The maximum Gasteiger partial charge on any atom is 0.182 e. The molecule has 0 aliphatic carbocycles. The predicted octanol–water partition coefficient (Wildman–Crippen LogP) is 1.12. The monoisotopic (exact) mass is 242 g/mol. The zero-order valence-corrected chi connectivity index (χ0v) is 9.95. The number of rotatable bonds is 1. The van der Waals surface area contributed by atoms with Crippen molar-refractivity contribution in [1.29, 1.82) is 5.41 Å². The van der Waals surface area contributed by atoms with Crippen LogP contribution in [0.15, 0.2) is 23.1 Å². The van der Waals surface area contributed by atoms with Gasteiger partial charge in [-0.15, -0.1) is 0 Å². The molecule has 1 aromatic carbocycles. The van der Waals surface area contributed by atoms with E-state index in [4.69, 9.17) is 5.41 Å². The van der Waals surface area contributed by atoms with Crippen LogP contribution >= 0.6 is 11.3 Å². The van der Waals surface area contributed by atoms with Crippen LogP contribution in [0.4, 0.5) is 0 Å². The number of hydrogen-bond donors (Lipinski definition) is 1. The van der Waals surface area contributed by atoms with Gasteiger partial charge in [-0.05, 0) is 18.2 Å². The van der Waals surface area contributed by atoms with Gasteiger partial charge in [-0.2, -0.15) is 0 Å². The molecular formula is C9H10N2O2S2. The van der Waals surface area contributed by atoms with Crippen molar-refractivity contribution in [1.82, 2.24) is 4.57 Å². The summed E-state index contributed by atoms with van der Waals surface area (Å²) in [5, 5.41) is 7.61. The predicted molar refractivity (Wildman–Crippen MR) is 59.8 cm³/mol. The van der Waals surface area contributed by atoms with Crippen molar-refractivity contribution < 1.29 is 8.42 Å². The van der Waals surface area contributed by atoms with Gasteiger partial charge in [0.05, 0.1) is 15.1 Å². The van der Waals surface area contributed by atoms with Gasteiger partial charge in [-0.25, -0.2) is 8.42 Å². The highest BCUT2D eigenvalue weighted by atomic mass is 32.2. The zero-order chi connectivity index (χ0) is 11.2. The van der Waals surface area contributed by atoms with Crippen LogP contribution in [0.25, 0.3) is 10.2 Å². The van der Waals surface area contributed by atoms with Gasteiger partial charge in [0, 0.05) is 13.3 Å². The summed E-state index contributed by atoms with van der Waals surface area (Å²) >= 11 is 1.27. The second-order valence-electron chi connectivity index (χ2n) is 3.37. The Kier molecular flexibility index (Phi) is 2.20. The Morgan fingerprint density at radius 2 is 2.07 bits per heavy atom. The minimum absolute atomic E-state index is 0.303. The van der Waals surface area contributed by atoms with Crippen molar-refractivity contribution in [3.05, 3.63) is 23.0 Å². The summed E-state index contributed by atoms with van der Waals surface area (Å²) in [6.07, 6.45) is 1.18. The first-order chi connectivity index (χ1) is 6.89. The molecule has 2 rings (SSSR count). The second kappa shape index (κ2) is 3.18. The Balaban J connectivity index is 2.84. The number of nitrogens with zero attached hydrogens (tertiary/aromatic N) is 1. The van der Waals surface area contributed by atoms with E-state index in [1.165, 1.54) is 17.6 Å². The summed E-state index contributed by atoms with van der Waals surface area (Å²) in [4.78, 5) is 0.715. The third kappa shape index (κ3) is 1.70. The van der Waals surface area contributed by atoms with Gasteiger partial charge in [0.25, 0.3) is 0 Å². The van der Waals surface area contributed by atoms with Gasteiger partial charge in [0.1, 0.15) is 0 Å². The highest BCUT2D eigenvalue weighted by molar-refractivity contribution is 7.90. The molecule has 2 aromatic rings. The van der Waals surface area contributed by atoms with E-state index in [2.05, 4.69) is 0 Å². The summed E-state index contributed by atoms with van der Waals surface area (Å²) in [5.74, 6) is 0. The van der Waals surface area contributed by atoms with E-state index in [1.54, 1.807) is 29.8 Å². The summed E-state index contributed by atoms with van der Waals surface area (Å²) in [5.41, 5.74) is 0.886. The van der Waals surface area contributed by atoms with Gasteiger partial charge in [0.15, 0.2) is 14.6 Å². The molecule has 0 saturated carbocycles. The number of benzene rings is 1. The topological polar surface area (TPSA) is 62.9 Å². The fourth-order valence-corrected chi connectivity index (χ4v) is 3.03. The molecule has 80 valence electrons. The average molecular weight is 242 g/mol. The molecule has 6 heteroatoms. The van der Waals surface area contributed by atoms with Crippen molar-refractivity contribution in [2.24, 2.45) is 7.05 Å². The number of nitrogens with one attached hydrogen (secondary N) is 1. The third-order valence-corrected chi connectivity index (χ3v) is 4.36. The smallest absolute Gasteiger partial charge is 0.182 e. The molecule has 0 fully saturated rings. The standard InChI is InChI=1S/C9H10N2O2S2/c1-11-7-4-3-6(15(2,12)13)5-8(7)14-9(11)10/h3-5,10H,1-2H3. The van der Waals surface area contributed by atoms with Crippen LogP contribution in [-0.4, -0.2) is 19.2 Å². The minimum atomic E-state index is -3.16. The van der Waals surface area contributed by atoms with Crippen LogP contribution in [-0.2, 0) is 16.9 Å². The Morgan fingerprint density at radius 3 is 2.67 bits per heavy atom. The van der Waals surface area contributed by atoms with E-state index in [-0.39, 0.29) is 0 Å².